The number of nitrogens with one attached hydrogen (secondary N) is 1. The lowest BCUT2D eigenvalue weighted by atomic mass is 10.1. The van der Waals surface area contributed by atoms with Gasteiger partial charge < -0.3 is 10.1 Å². The third-order valence-corrected chi connectivity index (χ3v) is 3.20. The Hall–Kier alpha value is -2.33. The quantitative estimate of drug-likeness (QED) is 0.363. The molecule has 0 fully saturated rings. The first-order valence-electron chi connectivity index (χ1n) is 5.34. The summed E-state index contributed by atoms with van der Waals surface area (Å²) < 4.78 is 2.00. The number of hydrogen-bond acceptors (Lipinski definition) is 6. The van der Waals surface area contributed by atoms with E-state index in [0.29, 0.717) is 10.0 Å². The lowest BCUT2D eigenvalue weighted by Crippen LogP contribution is -2.29. The van der Waals surface area contributed by atoms with Gasteiger partial charge in [-0.3, -0.25) is 10.2 Å². The van der Waals surface area contributed by atoms with Crippen molar-refractivity contribution in [1.82, 2.24) is 20.2 Å². The fourth-order valence-corrected chi connectivity index (χ4v) is 2.02. The average molecular weight is 341 g/mol. The number of halogens is 1. The van der Waals surface area contributed by atoms with Crippen molar-refractivity contribution < 1.29 is 9.72 Å². The van der Waals surface area contributed by atoms with Crippen LogP contribution in [0, 0.1) is 10.1 Å². The molecule has 2 rings (SSSR count). The Bertz CT molecular complexity index is 671. The third kappa shape index (κ3) is 2.97. The van der Waals surface area contributed by atoms with Gasteiger partial charge in [-0.1, -0.05) is 27.0 Å². The lowest BCUT2D eigenvalue weighted by molar-refractivity contribution is -0.394. The van der Waals surface area contributed by atoms with Crippen LogP contribution in [0.5, 0.6) is 0 Å². The van der Waals surface area contributed by atoms with Crippen molar-refractivity contribution in [2.45, 2.75) is 6.54 Å². The van der Waals surface area contributed by atoms with Gasteiger partial charge in [0.2, 0.25) is 6.33 Å². The summed E-state index contributed by atoms with van der Waals surface area (Å²) in [7, 11) is 0. The molecule has 0 unspecified atom stereocenters. The topological polar surface area (TPSA) is 129 Å². The van der Waals surface area contributed by atoms with Crippen LogP contribution in [0.25, 0.3) is 0 Å². The highest BCUT2D eigenvalue weighted by molar-refractivity contribution is 9.10. The van der Waals surface area contributed by atoms with Gasteiger partial charge in [0.1, 0.15) is 0 Å². The molecule has 0 radical (unpaired) electrons. The molecule has 3 N–H and O–H groups in total. The summed E-state index contributed by atoms with van der Waals surface area (Å²) in [6, 6.07) is 4.89. The summed E-state index contributed by atoms with van der Waals surface area (Å²) in [4.78, 5) is 24.7. The Morgan fingerprint density at radius 1 is 1.55 bits per heavy atom. The third-order valence-electron chi connectivity index (χ3n) is 2.47. The number of nitrogens with two attached hydrogens (primary N) is 1. The second kappa shape index (κ2) is 5.75. The highest BCUT2D eigenvalue weighted by atomic mass is 79.9. The molecule has 10 heteroatoms. The molecular formula is C10H9BrN6O3. The Morgan fingerprint density at radius 2 is 2.30 bits per heavy atom. The predicted octanol–water partition coefficient (Wildman–Crippen LogP) is 0.601. The first-order chi connectivity index (χ1) is 9.51. The van der Waals surface area contributed by atoms with E-state index in [4.69, 9.17) is 5.84 Å². The number of rotatable bonds is 4. The van der Waals surface area contributed by atoms with Crippen LogP contribution in [0.1, 0.15) is 15.9 Å². The van der Waals surface area contributed by atoms with Crippen molar-refractivity contribution in [3.63, 3.8) is 0 Å². The van der Waals surface area contributed by atoms with E-state index in [2.05, 4.69) is 26.0 Å². The second-order valence-electron chi connectivity index (χ2n) is 3.78. The number of hydrogen-bond donors (Lipinski definition) is 2. The maximum Gasteiger partial charge on any atom is 0.490 e. The van der Waals surface area contributed by atoms with Crippen LogP contribution in [0.2, 0.25) is 0 Å². The molecule has 1 aromatic carbocycles. The molecule has 0 saturated heterocycles. The first-order valence-corrected chi connectivity index (χ1v) is 6.13. The fourth-order valence-electron chi connectivity index (χ4n) is 1.52. The second-order valence-corrected chi connectivity index (χ2v) is 4.63. The molecule has 1 amide bonds. The average Bonchev–Trinajstić information content (AvgIpc) is 2.89. The SMILES string of the molecule is NNC(=O)c1ccc(Cn2cnc([N+](=O)[O-])n2)c(Br)c1. The zero-order chi connectivity index (χ0) is 14.7. The van der Waals surface area contributed by atoms with Gasteiger partial charge in [0.25, 0.3) is 5.91 Å². The number of aromatic nitrogens is 3. The van der Waals surface area contributed by atoms with Crippen molar-refractivity contribution in [2.24, 2.45) is 5.84 Å². The van der Waals surface area contributed by atoms with Gasteiger partial charge in [0, 0.05) is 15.1 Å². The van der Waals surface area contributed by atoms with Crippen LogP contribution in [0.4, 0.5) is 5.95 Å². The molecule has 0 aliphatic carbocycles. The molecule has 9 nitrogen and oxygen atoms in total. The Morgan fingerprint density at radius 3 is 2.85 bits per heavy atom. The number of amides is 1. The molecule has 0 spiro atoms. The maximum absolute atomic E-state index is 11.4. The number of carbonyl (C=O) groups excluding carboxylic acids is 1. The normalized spacial score (nSPS) is 10.3. The fraction of sp³-hybridized carbons (Fsp3) is 0.100. The lowest BCUT2D eigenvalue weighted by Gasteiger charge is -2.05. The molecule has 0 aliphatic heterocycles. The summed E-state index contributed by atoms with van der Waals surface area (Å²) in [5.41, 5.74) is 3.22. The summed E-state index contributed by atoms with van der Waals surface area (Å²) in [6.45, 7) is 0.284. The molecule has 0 aliphatic rings. The highest BCUT2D eigenvalue weighted by Gasteiger charge is 2.14. The van der Waals surface area contributed by atoms with Crippen molar-refractivity contribution in [3.05, 3.63) is 50.2 Å². The Labute approximate surface area is 121 Å². The number of carbonyl (C=O) groups is 1. The monoisotopic (exact) mass is 340 g/mol. The zero-order valence-electron chi connectivity index (χ0n) is 9.99. The minimum Gasteiger partial charge on any atom is -0.390 e. The standard InChI is InChI=1S/C10H9BrN6O3/c11-8-3-6(9(18)14-12)1-2-7(8)4-16-5-13-10(15-16)17(19)20/h1-3,5H,4,12H2,(H,14,18). The van der Waals surface area contributed by atoms with Crippen molar-refractivity contribution in [2.75, 3.05) is 0 Å². The van der Waals surface area contributed by atoms with E-state index in [1.165, 1.54) is 11.0 Å². The minimum atomic E-state index is -0.666. The summed E-state index contributed by atoms with van der Waals surface area (Å²) in [5, 5.41) is 14.2. The van der Waals surface area contributed by atoms with Crippen LogP contribution >= 0.6 is 15.9 Å². The number of nitrogen functional groups attached to an aromatic ring is 1. The van der Waals surface area contributed by atoms with Crippen LogP contribution in [0.15, 0.2) is 29.0 Å². The molecule has 0 saturated carbocycles. The molecule has 2 aromatic rings. The smallest absolute Gasteiger partial charge is 0.390 e. The Kier molecular flexibility index (Phi) is 4.05. The summed E-state index contributed by atoms with van der Waals surface area (Å²) in [5.74, 6) is 4.18. The van der Waals surface area contributed by atoms with E-state index >= 15 is 0 Å². The van der Waals surface area contributed by atoms with Crippen molar-refractivity contribution in [1.29, 1.82) is 0 Å². The number of benzene rings is 1. The summed E-state index contributed by atoms with van der Waals surface area (Å²) >= 11 is 3.32. The van der Waals surface area contributed by atoms with Gasteiger partial charge in [0.15, 0.2) is 0 Å². The highest BCUT2D eigenvalue weighted by Crippen LogP contribution is 2.19. The number of hydrazine groups is 1. The summed E-state index contributed by atoms with van der Waals surface area (Å²) in [6.07, 6.45) is 1.27. The van der Waals surface area contributed by atoms with Gasteiger partial charge >= 0.3 is 5.95 Å². The van der Waals surface area contributed by atoms with Gasteiger partial charge in [-0.15, -0.1) is 0 Å². The van der Waals surface area contributed by atoms with E-state index < -0.39 is 16.8 Å². The van der Waals surface area contributed by atoms with Crippen molar-refractivity contribution >= 4 is 27.8 Å². The largest absolute Gasteiger partial charge is 0.490 e. The van der Waals surface area contributed by atoms with Crippen LogP contribution in [-0.4, -0.2) is 25.6 Å². The number of nitro groups is 1. The molecule has 0 bridgehead atoms. The van der Waals surface area contributed by atoms with E-state index in [1.807, 2.05) is 5.43 Å². The molecule has 1 heterocycles. The van der Waals surface area contributed by atoms with Gasteiger partial charge in [-0.05, 0) is 22.6 Å². The van der Waals surface area contributed by atoms with E-state index in [1.54, 1.807) is 18.2 Å². The van der Waals surface area contributed by atoms with Crippen LogP contribution in [-0.2, 0) is 6.54 Å². The predicted molar refractivity (Wildman–Crippen MR) is 71.6 cm³/mol. The van der Waals surface area contributed by atoms with E-state index in [0.717, 1.165) is 5.56 Å². The van der Waals surface area contributed by atoms with Gasteiger partial charge in [0.05, 0.1) is 6.54 Å². The Balaban J connectivity index is 2.21. The number of nitrogens with zero attached hydrogens (tertiary/aromatic N) is 4. The molecule has 1 aromatic heterocycles. The first kappa shape index (κ1) is 14.1. The van der Waals surface area contributed by atoms with Crippen LogP contribution < -0.4 is 11.3 Å². The van der Waals surface area contributed by atoms with E-state index in [9.17, 15) is 14.9 Å². The molecular weight excluding hydrogens is 332 g/mol. The van der Waals surface area contributed by atoms with Crippen molar-refractivity contribution in [3.8, 4) is 0 Å². The molecule has 20 heavy (non-hydrogen) atoms. The molecule has 0 atom stereocenters. The minimum absolute atomic E-state index is 0.284. The maximum atomic E-state index is 11.4. The van der Waals surface area contributed by atoms with E-state index in [-0.39, 0.29) is 6.54 Å². The van der Waals surface area contributed by atoms with Crippen LogP contribution in [0.3, 0.4) is 0 Å². The van der Waals surface area contributed by atoms with Gasteiger partial charge in [-0.2, -0.15) is 4.68 Å². The zero-order valence-corrected chi connectivity index (χ0v) is 11.6. The molecule has 104 valence electrons. The van der Waals surface area contributed by atoms with Gasteiger partial charge in [-0.25, -0.2) is 5.84 Å².